The molecule has 0 spiro atoms. The highest BCUT2D eigenvalue weighted by Crippen LogP contribution is 2.05. The van der Waals surface area contributed by atoms with Crippen LogP contribution in [0.25, 0.3) is 0 Å². The normalized spacial score (nSPS) is 12.4. The monoisotopic (exact) mass is 464 g/mol. The predicted molar refractivity (Wildman–Crippen MR) is 120 cm³/mol. The SMILES string of the molecule is CCC(S)CC(=O)O.CCC(S)CC(=O)O.CCC(S)CC(=O)O.OCCO. The summed E-state index contributed by atoms with van der Waals surface area (Å²) in [5.74, 6) is -2.31. The molecule has 0 saturated heterocycles. The fourth-order valence-corrected chi connectivity index (χ4v) is 1.51. The van der Waals surface area contributed by atoms with Gasteiger partial charge in [-0.15, -0.1) is 0 Å². The van der Waals surface area contributed by atoms with Crippen molar-refractivity contribution in [3.8, 4) is 0 Å². The van der Waals surface area contributed by atoms with Crippen LogP contribution in [0.2, 0.25) is 0 Å². The van der Waals surface area contributed by atoms with E-state index in [1.807, 2.05) is 20.8 Å². The van der Waals surface area contributed by atoms with Gasteiger partial charge in [-0.3, -0.25) is 14.4 Å². The summed E-state index contributed by atoms with van der Waals surface area (Å²) in [5, 5.41) is 39.8. The van der Waals surface area contributed by atoms with E-state index in [-0.39, 0.29) is 48.2 Å². The van der Waals surface area contributed by atoms with Crippen molar-refractivity contribution in [2.24, 2.45) is 0 Å². The highest BCUT2D eigenvalue weighted by molar-refractivity contribution is 7.81. The Morgan fingerprint density at radius 2 is 0.786 bits per heavy atom. The number of carboxylic acids is 3. The topological polar surface area (TPSA) is 152 Å². The molecule has 5 N–H and O–H groups in total. The standard InChI is InChI=1S/3C5H10O2S.C2H6O2/c3*1-2-4(8)3-5(6)7;3-1-2-4/h3*4,8H,2-3H2,1H3,(H,6,7);3-4H,1-2H2. The number of hydrogen-bond acceptors (Lipinski definition) is 8. The predicted octanol–water partition coefficient (Wildman–Crippen LogP) is 2.48. The number of carboxylic acid groups (broad SMARTS) is 3. The molecule has 0 aromatic carbocycles. The number of thiol groups is 3. The Morgan fingerprint density at radius 3 is 0.821 bits per heavy atom. The van der Waals surface area contributed by atoms with Crippen molar-refractivity contribution < 1.29 is 39.9 Å². The zero-order valence-electron chi connectivity index (χ0n) is 16.7. The van der Waals surface area contributed by atoms with Crippen molar-refractivity contribution >= 4 is 55.8 Å². The summed E-state index contributed by atoms with van der Waals surface area (Å²) in [4.78, 5) is 29.8. The molecule has 0 rings (SSSR count). The van der Waals surface area contributed by atoms with Crippen molar-refractivity contribution in [3.63, 3.8) is 0 Å². The summed E-state index contributed by atoms with van der Waals surface area (Å²) in [6, 6.07) is 0. The molecule has 3 atom stereocenters. The molecule has 8 nitrogen and oxygen atoms in total. The van der Waals surface area contributed by atoms with Gasteiger partial charge in [0.15, 0.2) is 0 Å². The lowest BCUT2D eigenvalue weighted by atomic mass is 10.2. The molecule has 0 aliphatic rings. The van der Waals surface area contributed by atoms with E-state index in [1.54, 1.807) is 0 Å². The van der Waals surface area contributed by atoms with Crippen molar-refractivity contribution in [3.05, 3.63) is 0 Å². The molecule has 0 heterocycles. The minimum Gasteiger partial charge on any atom is -0.481 e. The summed E-state index contributed by atoms with van der Waals surface area (Å²) in [6.07, 6.45) is 2.94. The molecule has 11 heteroatoms. The first kappa shape index (κ1) is 34.9. The van der Waals surface area contributed by atoms with E-state index in [2.05, 4.69) is 37.9 Å². The van der Waals surface area contributed by atoms with Gasteiger partial charge >= 0.3 is 17.9 Å². The van der Waals surface area contributed by atoms with Crippen LogP contribution in [0.15, 0.2) is 0 Å². The van der Waals surface area contributed by atoms with Gasteiger partial charge in [0.2, 0.25) is 0 Å². The number of rotatable bonds is 10. The molecular formula is C17H36O8S3. The van der Waals surface area contributed by atoms with E-state index in [4.69, 9.17) is 25.5 Å². The molecule has 0 saturated carbocycles. The van der Waals surface area contributed by atoms with Gasteiger partial charge in [0.25, 0.3) is 0 Å². The Bertz CT molecular complexity index is 329. The van der Waals surface area contributed by atoms with Gasteiger partial charge in [0.1, 0.15) is 0 Å². The Labute approximate surface area is 184 Å². The van der Waals surface area contributed by atoms with Gasteiger partial charge in [-0.1, -0.05) is 20.8 Å². The number of carbonyl (C=O) groups is 3. The van der Waals surface area contributed by atoms with Crippen molar-refractivity contribution in [2.45, 2.75) is 75.0 Å². The van der Waals surface area contributed by atoms with Crippen LogP contribution in [0.4, 0.5) is 0 Å². The second-order valence-electron chi connectivity index (χ2n) is 5.43. The zero-order valence-corrected chi connectivity index (χ0v) is 19.4. The van der Waals surface area contributed by atoms with Gasteiger partial charge in [0, 0.05) is 15.7 Å². The van der Waals surface area contributed by atoms with E-state index in [1.165, 1.54) is 0 Å². The first-order valence-corrected chi connectivity index (χ1v) is 10.4. The van der Waals surface area contributed by atoms with Crippen LogP contribution in [0, 0.1) is 0 Å². The quantitative estimate of drug-likeness (QED) is 0.230. The van der Waals surface area contributed by atoms with Crippen LogP contribution in [0.5, 0.6) is 0 Å². The minimum atomic E-state index is -0.771. The van der Waals surface area contributed by atoms with Gasteiger partial charge in [0.05, 0.1) is 32.5 Å². The number of aliphatic hydroxyl groups is 2. The lowest BCUT2D eigenvalue weighted by Crippen LogP contribution is -2.05. The number of hydrogen-bond donors (Lipinski definition) is 8. The van der Waals surface area contributed by atoms with Crippen LogP contribution in [0.3, 0.4) is 0 Å². The maximum absolute atomic E-state index is 9.92. The van der Waals surface area contributed by atoms with Gasteiger partial charge in [-0.05, 0) is 19.3 Å². The third-order valence-corrected chi connectivity index (χ3v) is 4.39. The van der Waals surface area contributed by atoms with E-state index >= 15 is 0 Å². The average molecular weight is 465 g/mol. The largest absolute Gasteiger partial charge is 0.481 e. The highest BCUT2D eigenvalue weighted by Gasteiger charge is 2.05. The van der Waals surface area contributed by atoms with E-state index < -0.39 is 17.9 Å². The number of aliphatic hydroxyl groups excluding tert-OH is 2. The molecule has 0 radical (unpaired) electrons. The highest BCUT2D eigenvalue weighted by atomic mass is 32.1. The third kappa shape index (κ3) is 44.7. The summed E-state index contributed by atoms with van der Waals surface area (Å²) >= 11 is 12.0. The molecule has 3 unspecified atom stereocenters. The van der Waals surface area contributed by atoms with Crippen molar-refractivity contribution in [1.82, 2.24) is 0 Å². The average Bonchev–Trinajstić information content (AvgIpc) is 2.61. The molecule has 0 bridgehead atoms. The molecule has 0 amide bonds. The summed E-state index contributed by atoms with van der Waals surface area (Å²) in [5.41, 5.74) is 0. The second-order valence-corrected chi connectivity index (χ2v) is 7.62. The minimum absolute atomic E-state index is 0.0208. The summed E-state index contributed by atoms with van der Waals surface area (Å²) in [6.45, 7) is 5.50. The third-order valence-electron chi connectivity index (χ3n) is 2.74. The zero-order chi connectivity index (χ0) is 23.1. The van der Waals surface area contributed by atoms with Crippen LogP contribution in [-0.2, 0) is 14.4 Å². The Morgan fingerprint density at radius 1 is 0.607 bits per heavy atom. The Hall–Kier alpha value is -0.620. The molecule has 0 aromatic rings. The van der Waals surface area contributed by atoms with Gasteiger partial charge in [-0.2, -0.15) is 37.9 Å². The van der Waals surface area contributed by atoms with Crippen molar-refractivity contribution in [2.75, 3.05) is 13.2 Å². The first-order valence-electron chi connectivity index (χ1n) is 8.82. The molecule has 0 aliphatic heterocycles. The molecule has 0 fully saturated rings. The van der Waals surface area contributed by atoms with Crippen molar-refractivity contribution in [1.29, 1.82) is 0 Å². The maximum atomic E-state index is 9.92. The molecule has 0 aromatic heterocycles. The molecular weight excluding hydrogens is 428 g/mol. The second kappa shape index (κ2) is 26.4. The Balaban J connectivity index is -0.000000141. The van der Waals surface area contributed by atoms with Crippen LogP contribution in [0.1, 0.15) is 59.3 Å². The molecule has 170 valence electrons. The lowest BCUT2D eigenvalue weighted by molar-refractivity contribution is -0.138. The number of aliphatic carboxylic acids is 3. The maximum Gasteiger partial charge on any atom is 0.304 e. The van der Waals surface area contributed by atoms with E-state index in [0.29, 0.717) is 0 Å². The summed E-state index contributed by atoms with van der Waals surface area (Å²) in [7, 11) is 0. The fourth-order valence-electron chi connectivity index (χ4n) is 1.04. The fraction of sp³-hybridized carbons (Fsp3) is 0.824. The molecule has 28 heavy (non-hydrogen) atoms. The summed E-state index contributed by atoms with van der Waals surface area (Å²) < 4.78 is 0. The Kier molecular flexibility index (Phi) is 32.8. The van der Waals surface area contributed by atoms with E-state index in [9.17, 15) is 14.4 Å². The van der Waals surface area contributed by atoms with Gasteiger partial charge < -0.3 is 25.5 Å². The van der Waals surface area contributed by atoms with Crippen LogP contribution < -0.4 is 0 Å². The van der Waals surface area contributed by atoms with Crippen LogP contribution in [-0.4, -0.2) is 72.4 Å². The first-order chi connectivity index (χ1) is 12.9. The smallest absolute Gasteiger partial charge is 0.304 e. The van der Waals surface area contributed by atoms with Gasteiger partial charge in [-0.25, -0.2) is 0 Å². The van der Waals surface area contributed by atoms with Crippen LogP contribution >= 0.6 is 37.9 Å². The lowest BCUT2D eigenvalue weighted by Gasteiger charge is -1.99. The van der Waals surface area contributed by atoms with E-state index in [0.717, 1.165) is 19.3 Å². The molecule has 0 aliphatic carbocycles.